The van der Waals surface area contributed by atoms with Crippen molar-refractivity contribution in [3.63, 3.8) is 0 Å². The largest absolute Gasteiger partial charge is 0.365 e. The molecule has 0 N–H and O–H groups in total. The maximum atomic E-state index is 2.45. The van der Waals surface area contributed by atoms with Gasteiger partial charge in [-0.05, 0) is 42.3 Å². The van der Waals surface area contributed by atoms with E-state index in [-0.39, 0.29) is 0 Å². The van der Waals surface area contributed by atoms with E-state index in [1.54, 1.807) is 0 Å². The SMILES string of the molecule is CCN(c1ccccc1)C(C)c1cccc2ccccc12. The zero-order chi connectivity index (χ0) is 14.7. The summed E-state index contributed by atoms with van der Waals surface area (Å²) in [5.41, 5.74) is 2.67. The van der Waals surface area contributed by atoms with Crippen LogP contribution in [0.4, 0.5) is 5.69 Å². The molecule has 0 aromatic heterocycles. The van der Waals surface area contributed by atoms with Crippen molar-refractivity contribution in [3.05, 3.63) is 78.4 Å². The maximum absolute atomic E-state index is 2.45. The second-order valence-electron chi connectivity index (χ2n) is 5.37. The molecule has 0 aliphatic heterocycles. The van der Waals surface area contributed by atoms with Crippen LogP contribution in [0.1, 0.15) is 25.5 Å². The van der Waals surface area contributed by atoms with Crippen molar-refractivity contribution < 1.29 is 0 Å². The molecule has 0 bridgehead atoms. The lowest BCUT2D eigenvalue weighted by Crippen LogP contribution is -2.26. The number of para-hydroxylation sites is 1. The van der Waals surface area contributed by atoms with Gasteiger partial charge in [-0.1, -0.05) is 60.7 Å². The minimum Gasteiger partial charge on any atom is -0.365 e. The number of hydrogen-bond acceptors (Lipinski definition) is 1. The van der Waals surface area contributed by atoms with E-state index in [1.165, 1.54) is 22.0 Å². The molecule has 0 aliphatic rings. The number of rotatable bonds is 4. The van der Waals surface area contributed by atoms with Gasteiger partial charge in [-0.2, -0.15) is 0 Å². The van der Waals surface area contributed by atoms with Crippen molar-refractivity contribution in [2.45, 2.75) is 19.9 Å². The Bertz CT molecular complexity index is 713. The van der Waals surface area contributed by atoms with E-state index in [0.29, 0.717) is 6.04 Å². The average molecular weight is 275 g/mol. The third kappa shape index (κ3) is 2.64. The van der Waals surface area contributed by atoms with Gasteiger partial charge in [-0.25, -0.2) is 0 Å². The van der Waals surface area contributed by atoms with Gasteiger partial charge in [0.05, 0.1) is 6.04 Å². The van der Waals surface area contributed by atoms with Gasteiger partial charge in [-0.3, -0.25) is 0 Å². The second kappa shape index (κ2) is 6.01. The fourth-order valence-corrected chi connectivity index (χ4v) is 3.08. The molecular formula is C20H21N. The number of hydrogen-bond donors (Lipinski definition) is 0. The van der Waals surface area contributed by atoms with E-state index < -0.39 is 0 Å². The highest BCUT2D eigenvalue weighted by atomic mass is 15.1. The molecule has 0 spiro atoms. The molecule has 1 atom stereocenters. The molecular weight excluding hydrogens is 254 g/mol. The molecule has 0 radical (unpaired) electrons. The van der Waals surface area contributed by atoms with E-state index in [4.69, 9.17) is 0 Å². The molecule has 1 heteroatoms. The average Bonchev–Trinajstić information content (AvgIpc) is 2.56. The van der Waals surface area contributed by atoms with Crippen LogP contribution >= 0.6 is 0 Å². The summed E-state index contributed by atoms with van der Waals surface area (Å²) in [5, 5.41) is 2.66. The van der Waals surface area contributed by atoms with Crippen LogP contribution < -0.4 is 4.90 Å². The molecule has 3 aromatic carbocycles. The highest BCUT2D eigenvalue weighted by molar-refractivity contribution is 5.86. The highest BCUT2D eigenvalue weighted by Gasteiger charge is 2.16. The topological polar surface area (TPSA) is 3.24 Å². The summed E-state index contributed by atoms with van der Waals surface area (Å²) in [4.78, 5) is 2.45. The van der Waals surface area contributed by atoms with Gasteiger partial charge in [-0.15, -0.1) is 0 Å². The number of fused-ring (bicyclic) bond motifs is 1. The van der Waals surface area contributed by atoms with E-state index in [9.17, 15) is 0 Å². The van der Waals surface area contributed by atoms with Gasteiger partial charge >= 0.3 is 0 Å². The van der Waals surface area contributed by atoms with Gasteiger partial charge in [0.25, 0.3) is 0 Å². The highest BCUT2D eigenvalue weighted by Crippen LogP contribution is 2.31. The fourth-order valence-electron chi connectivity index (χ4n) is 3.08. The minimum atomic E-state index is 0.350. The second-order valence-corrected chi connectivity index (χ2v) is 5.37. The van der Waals surface area contributed by atoms with Crippen LogP contribution in [-0.2, 0) is 0 Å². The lowest BCUT2D eigenvalue weighted by molar-refractivity contribution is 0.695. The van der Waals surface area contributed by atoms with Crippen molar-refractivity contribution in [2.75, 3.05) is 11.4 Å². The lowest BCUT2D eigenvalue weighted by Gasteiger charge is -2.31. The van der Waals surface area contributed by atoms with Gasteiger partial charge in [0, 0.05) is 12.2 Å². The van der Waals surface area contributed by atoms with Crippen molar-refractivity contribution in [1.29, 1.82) is 0 Å². The summed E-state index contributed by atoms with van der Waals surface area (Å²) < 4.78 is 0. The standard InChI is InChI=1S/C20H21N/c1-3-21(18-12-5-4-6-13-18)16(2)19-15-9-11-17-10-7-8-14-20(17)19/h4-16H,3H2,1-2H3. The molecule has 0 heterocycles. The Balaban J connectivity index is 2.05. The Labute approximate surface area is 126 Å². The first kappa shape index (κ1) is 13.7. The molecule has 0 saturated carbocycles. The Morgan fingerprint density at radius 3 is 2.24 bits per heavy atom. The number of benzene rings is 3. The maximum Gasteiger partial charge on any atom is 0.0520 e. The molecule has 0 fully saturated rings. The van der Waals surface area contributed by atoms with Crippen molar-refractivity contribution >= 4 is 16.5 Å². The molecule has 3 aromatic rings. The summed E-state index contributed by atoms with van der Waals surface area (Å²) in [6, 6.07) is 26.2. The van der Waals surface area contributed by atoms with E-state index >= 15 is 0 Å². The summed E-state index contributed by atoms with van der Waals surface area (Å²) >= 11 is 0. The monoisotopic (exact) mass is 275 g/mol. The van der Waals surface area contributed by atoms with Crippen LogP contribution in [0.5, 0.6) is 0 Å². The Morgan fingerprint density at radius 2 is 1.48 bits per heavy atom. The van der Waals surface area contributed by atoms with Crippen LogP contribution in [-0.4, -0.2) is 6.54 Å². The van der Waals surface area contributed by atoms with Gasteiger partial charge < -0.3 is 4.90 Å². The summed E-state index contributed by atoms with van der Waals surface area (Å²) in [7, 11) is 0. The van der Waals surface area contributed by atoms with Crippen molar-refractivity contribution in [1.82, 2.24) is 0 Å². The first-order valence-electron chi connectivity index (χ1n) is 7.60. The van der Waals surface area contributed by atoms with Crippen LogP contribution in [0.3, 0.4) is 0 Å². The van der Waals surface area contributed by atoms with Crippen LogP contribution in [0, 0.1) is 0 Å². The molecule has 1 unspecified atom stereocenters. The molecule has 21 heavy (non-hydrogen) atoms. The van der Waals surface area contributed by atoms with Crippen LogP contribution in [0.15, 0.2) is 72.8 Å². The van der Waals surface area contributed by atoms with Crippen LogP contribution in [0.2, 0.25) is 0 Å². The molecule has 3 rings (SSSR count). The molecule has 1 nitrogen and oxygen atoms in total. The number of anilines is 1. The molecule has 0 aliphatic carbocycles. The molecule has 0 amide bonds. The smallest absolute Gasteiger partial charge is 0.0520 e. The summed E-state index contributed by atoms with van der Waals surface area (Å²) in [6.07, 6.45) is 0. The van der Waals surface area contributed by atoms with E-state index in [2.05, 4.69) is 91.5 Å². The third-order valence-electron chi connectivity index (χ3n) is 4.17. The van der Waals surface area contributed by atoms with Crippen molar-refractivity contribution in [2.24, 2.45) is 0 Å². The van der Waals surface area contributed by atoms with E-state index in [1.807, 2.05) is 0 Å². The van der Waals surface area contributed by atoms with Gasteiger partial charge in [0.2, 0.25) is 0 Å². The van der Waals surface area contributed by atoms with E-state index in [0.717, 1.165) is 6.54 Å². The zero-order valence-electron chi connectivity index (χ0n) is 12.7. The first-order valence-corrected chi connectivity index (χ1v) is 7.60. The predicted octanol–water partition coefficient (Wildman–Crippen LogP) is 5.43. The fraction of sp³-hybridized carbons (Fsp3) is 0.200. The lowest BCUT2D eigenvalue weighted by atomic mass is 9.98. The molecule has 0 saturated heterocycles. The Morgan fingerprint density at radius 1 is 0.810 bits per heavy atom. The van der Waals surface area contributed by atoms with Gasteiger partial charge in [0.1, 0.15) is 0 Å². The molecule has 106 valence electrons. The summed E-state index contributed by atoms with van der Waals surface area (Å²) in [6.45, 7) is 5.50. The number of nitrogens with zero attached hydrogens (tertiary/aromatic N) is 1. The normalized spacial score (nSPS) is 12.3. The Kier molecular flexibility index (Phi) is 3.92. The minimum absolute atomic E-state index is 0.350. The van der Waals surface area contributed by atoms with Crippen molar-refractivity contribution in [3.8, 4) is 0 Å². The first-order chi connectivity index (χ1) is 10.3. The summed E-state index contributed by atoms with van der Waals surface area (Å²) in [5.74, 6) is 0. The van der Waals surface area contributed by atoms with Gasteiger partial charge in [0.15, 0.2) is 0 Å². The predicted molar refractivity (Wildman–Crippen MR) is 91.8 cm³/mol. The third-order valence-corrected chi connectivity index (χ3v) is 4.17. The zero-order valence-corrected chi connectivity index (χ0v) is 12.7. The quantitative estimate of drug-likeness (QED) is 0.614. The Hall–Kier alpha value is -2.28. The van der Waals surface area contributed by atoms with Crippen LogP contribution in [0.25, 0.3) is 10.8 Å².